The first-order valence-corrected chi connectivity index (χ1v) is 9.83. The number of amides is 1. The summed E-state index contributed by atoms with van der Waals surface area (Å²) in [6, 6.07) is 15.9. The summed E-state index contributed by atoms with van der Waals surface area (Å²) in [5, 5.41) is 4.31. The minimum Gasteiger partial charge on any atom is -0.350 e. The first-order valence-electron chi connectivity index (χ1n) is 9.83. The number of aromatic amines is 1. The summed E-state index contributed by atoms with van der Waals surface area (Å²) in [6.07, 6.45) is 3.90. The van der Waals surface area contributed by atoms with E-state index in [4.69, 9.17) is 0 Å². The summed E-state index contributed by atoms with van der Waals surface area (Å²) in [7, 11) is 0. The Labute approximate surface area is 164 Å². The first-order chi connectivity index (χ1) is 13.6. The summed E-state index contributed by atoms with van der Waals surface area (Å²) in [6.45, 7) is 4.72. The van der Waals surface area contributed by atoms with Crippen molar-refractivity contribution >= 4 is 16.7 Å². The standard InChI is InChI=1S/C23H25N3O2/c1-16-8-10-17(11-9-16)21(26-12-4-5-13-26)15-25-23(28)20-14-24-22(27)19-7-3-2-6-18(19)20/h2-3,6-11,14,21H,4-5,12-13,15H2,1H3,(H,24,27)(H,25,28)/t21-/m1/s1. The Morgan fingerprint density at radius 3 is 2.46 bits per heavy atom. The van der Waals surface area contributed by atoms with E-state index in [-0.39, 0.29) is 17.5 Å². The number of aryl methyl sites for hydroxylation is 1. The van der Waals surface area contributed by atoms with Crippen LogP contribution >= 0.6 is 0 Å². The van der Waals surface area contributed by atoms with Gasteiger partial charge in [0, 0.05) is 23.5 Å². The van der Waals surface area contributed by atoms with Crippen molar-refractivity contribution in [1.29, 1.82) is 0 Å². The third kappa shape index (κ3) is 3.71. The van der Waals surface area contributed by atoms with E-state index in [0.29, 0.717) is 22.9 Å². The maximum Gasteiger partial charge on any atom is 0.255 e. The fourth-order valence-electron chi connectivity index (χ4n) is 3.98. The van der Waals surface area contributed by atoms with Crippen molar-refractivity contribution in [2.24, 2.45) is 0 Å². The van der Waals surface area contributed by atoms with Gasteiger partial charge < -0.3 is 10.3 Å². The number of hydrogen-bond donors (Lipinski definition) is 2. The molecule has 1 fully saturated rings. The molecule has 28 heavy (non-hydrogen) atoms. The predicted octanol–water partition coefficient (Wildman–Crippen LogP) is 3.40. The van der Waals surface area contributed by atoms with Crippen LogP contribution in [0.4, 0.5) is 0 Å². The lowest BCUT2D eigenvalue weighted by atomic mass is 10.0. The number of benzene rings is 2. The van der Waals surface area contributed by atoms with Gasteiger partial charge in [-0.1, -0.05) is 48.0 Å². The largest absolute Gasteiger partial charge is 0.350 e. The van der Waals surface area contributed by atoms with Crippen LogP contribution in [0.25, 0.3) is 10.8 Å². The number of carbonyl (C=O) groups is 1. The van der Waals surface area contributed by atoms with Gasteiger partial charge in [0.2, 0.25) is 0 Å². The molecular weight excluding hydrogens is 350 g/mol. The molecule has 0 bridgehead atoms. The van der Waals surface area contributed by atoms with Crippen molar-refractivity contribution in [3.8, 4) is 0 Å². The highest BCUT2D eigenvalue weighted by atomic mass is 16.1. The normalized spacial score (nSPS) is 15.6. The van der Waals surface area contributed by atoms with E-state index < -0.39 is 0 Å². The number of fused-ring (bicyclic) bond motifs is 1. The van der Waals surface area contributed by atoms with Gasteiger partial charge in [-0.2, -0.15) is 0 Å². The number of likely N-dealkylation sites (tertiary alicyclic amines) is 1. The van der Waals surface area contributed by atoms with Crippen molar-refractivity contribution < 1.29 is 4.79 Å². The number of aromatic nitrogens is 1. The van der Waals surface area contributed by atoms with Gasteiger partial charge in [0.25, 0.3) is 11.5 Å². The molecule has 0 saturated carbocycles. The molecule has 5 heteroatoms. The number of carbonyl (C=O) groups excluding carboxylic acids is 1. The number of pyridine rings is 1. The molecule has 1 aliphatic rings. The number of nitrogens with one attached hydrogen (secondary N) is 2. The molecule has 0 aliphatic carbocycles. The highest BCUT2D eigenvalue weighted by molar-refractivity contribution is 6.06. The number of nitrogens with zero attached hydrogens (tertiary/aromatic N) is 1. The summed E-state index contributed by atoms with van der Waals surface area (Å²) >= 11 is 0. The van der Waals surface area contributed by atoms with Crippen molar-refractivity contribution in [1.82, 2.24) is 15.2 Å². The molecule has 0 spiro atoms. The lowest BCUT2D eigenvalue weighted by Crippen LogP contribution is -2.37. The van der Waals surface area contributed by atoms with Crippen LogP contribution in [-0.2, 0) is 0 Å². The highest BCUT2D eigenvalue weighted by Gasteiger charge is 2.24. The lowest BCUT2D eigenvalue weighted by molar-refractivity contribution is 0.0939. The first kappa shape index (κ1) is 18.4. The third-order valence-corrected chi connectivity index (χ3v) is 5.55. The summed E-state index contributed by atoms with van der Waals surface area (Å²) in [5.74, 6) is -0.163. The van der Waals surface area contributed by atoms with E-state index in [2.05, 4.69) is 46.4 Å². The molecular formula is C23H25N3O2. The Kier molecular flexibility index (Phi) is 5.26. The number of rotatable bonds is 5. The maximum atomic E-state index is 12.9. The Balaban J connectivity index is 1.57. The second-order valence-corrected chi connectivity index (χ2v) is 7.46. The Bertz CT molecular complexity index is 1030. The van der Waals surface area contributed by atoms with Crippen molar-refractivity contribution in [3.05, 3.63) is 81.8 Å². The summed E-state index contributed by atoms with van der Waals surface area (Å²) < 4.78 is 0. The molecule has 3 aromatic rings. The molecule has 1 amide bonds. The zero-order valence-corrected chi connectivity index (χ0v) is 16.1. The van der Waals surface area contributed by atoms with E-state index in [1.165, 1.54) is 30.2 Å². The highest BCUT2D eigenvalue weighted by Crippen LogP contribution is 2.25. The second-order valence-electron chi connectivity index (χ2n) is 7.46. The molecule has 0 unspecified atom stereocenters. The van der Waals surface area contributed by atoms with Gasteiger partial charge in [0.1, 0.15) is 0 Å². The molecule has 5 nitrogen and oxygen atoms in total. The molecule has 1 aromatic heterocycles. The van der Waals surface area contributed by atoms with Gasteiger partial charge in [-0.15, -0.1) is 0 Å². The van der Waals surface area contributed by atoms with Crippen LogP contribution in [0.2, 0.25) is 0 Å². The summed E-state index contributed by atoms with van der Waals surface area (Å²) in [4.78, 5) is 30.1. The Hall–Kier alpha value is -2.92. The molecule has 1 atom stereocenters. The molecule has 2 N–H and O–H groups in total. The van der Waals surface area contributed by atoms with Gasteiger partial charge in [-0.3, -0.25) is 14.5 Å². The topological polar surface area (TPSA) is 65.2 Å². The van der Waals surface area contributed by atoms with Gasteiger partial charge in [0.05, 0.1) is 11.6 Å². The zero-order chi connectivity index (χ0) is 19.5. The molecule has 0 radical (unpaired) electrons. The fraction of sp³-hybridized carbons (Fsp3) is 0.304. The monoisotopic (exact) mass is 375 g/mol. The average Bonchev–Trinajstić information content (AvgIpc) is 3.24. The SMILES string of the molecule is Cc1ccc([C@@H](CNC(=O)c2c[nH]c(=O)c3ccccc23)N2CCCC2)cc1. The molecule has 2 heterocycles. The zero-order valence-electron chi connectivity index (χ0n) is 16.1. The lowest BCUT2D eigenvalue weighted by Gasteiger charge is -2.28. The van der Waals surface area contributed by atoms with Gasteiger partial charge >= 0.3 is 0 Å². The minimum absolute atomic E-state index is 0.154. The molecule has 144 valence electrons. The van der Waals surface area contributed by atoms with Crippen LogP contribution in [0.15, 0.2) is 59.5 Å². The van der Waals surface area contributed by atoms with E-state index >= 15 is 0 Å². The van der Waals surface area contributed by atoms with Crippen LogP contribution < -0.4 is 10.9 Å². The van der Waals surface area contributed by atoms with Gasteiger partial charge in [-0.25, -0.2) is 0 Å². The fourth-order valence-corrected chi connectivity index (χ4v) is 3.98. The van der Waals surface area contributed by atoms with Crippen LogP contribution in [0.3, 0.4) is 0 Å². The average molecular weight is 375 g/mol. The third-order valence-electron chi connectivity index (χ3n) is 5.55. The number of hydrogen-bond acceptors (Lipinski definition) is 3. The number of H-pyrrole nitrogens is 1. The predicted molar refractivity (Wildman–Crippen MR) is 112 cm³/mol. The van der Waals surface area contributed by atoms with E-state index in [0.717, 1.165) is 13.1 Å². The van der Waals surface area contributed by atoms with E-state index in [1.807, 2.05) is 12.1 Å². The Morgan fingerprint density at radius 2 is 1.75 bits per heavy atom. The van der Waals surface area contributed by atoms with Crippen molar-refractivity contribution in [2.45, 2.75) is 25.8 Å². The molecule has 4 rings (SSSR count). The van der Waals surface area contributed by atoms with Crippen LogP contribution in [-0.4, -0.2) is 35.4 Å². The van der Waals surface area contributed by atoms with Crippen LogP contribution in [0, 0.1) is 6.92 Å². The Morgan fingerprint density at radius 1 is 1.07 bits per heavy atom. The molecule has 1 saturated heterocycles. The minimum atomic E-state index is -0.179. The molecule has 2 aromatic carbocycles. The molecule has 1 aliphatic heterocycles. The van der Waals surface area contributed by atoms with Crippen LogP contribution in [0.5, 0.6) is 0 Å². The quantitative estimate of drug-likeness (QED) is 0.718. The smallest absolute Gasteiger partial charge is 0.255 e. The van der Waals surface area contributed by atoms with Gasteiger partial charge in [-0.05, 0) is 44.5 Å². The maximum absolute atomic E-state index is 12.9. The van der Waals surface area contributed by atoms with Crippen LogP contribution in [0.1, 0.15) is 40.4 Å². The van der Waals surface area contributed by atoms with Gasteiger partial charge in [0.15, 0.2) is 0 Å². The van der Waals surface area contributed by atoms with Crippen molar-refractivity contribution in [2.75, 3.05) is 19.6 Å². The van der Waals surface area contributed by atoms with E-state index in [9.17, 15) is 9.59 Å². The van der Waals surface area contributed by atoms with Crippen molar-refractivity contribution in [3.63, 3.8) is 0 Å². The van der Waals surface area contributed by atoms with E-state index in [1.54, 1.807) is 12.1 Å². The summed E-state index contributed by atoms with van der Waals surface area (Å²) in [5.41, 5.74) is 2.77. The second kappa shape index (κ2) is 7.98.